The Hall–Kier alpha value is -0.780. The summed E-state index contributed by atoms with van der Waals surface area (Å²) >= 11 is 0. The summed E-state index contributed by atoms with van der Waals surface area (Å²) in [6.07, 6.45) is -4.87. The Kier molecular flexibility index (Phi) is 3.96. The zero-order valence-corrected chi connectivity index (χ0v) is 8.09. The van der Waals surface area contributed by atoms with E-state index in [0.717, 1.165) is 0 Å². The van der Waals surface area contributed by atoms with Crippen molar-refractivity contribution in [2.45, 2.75) is 25.4 Å². The van der Waals surface area contributed by atoms with Gasteiger partial charge < -0.3 is 9.84 Å². The van der Waals surface area contributed by atoms with Crippen molar-refractivity contribution in [1.82, 2.24) is 0 Å². The van der Waals surface area contributed by atoms with Crippen LogP contribution in [0.4, 0.5) is 13.2 Å². The van der Waals surface area contributed by atoms with Gasteiger partial charge in [-0.25, -0.2) is 0 Å². The maximum atomic E-state index is 12.1. The molecule has 1 rings (SSSR count). The van der Waals surface area contributed by atoms with Crippen molar-refractivity contribution in [3.05, 3.63) is 0 Å². The largest absolute Gasteiger partial charge is 0.481 e. The summed E-state index contributed by atoms with van der Waals surface area (Å²) in [6.45, 7) is 0.707. The predicted octanol–water partition coefficient (Wildman–Crippen LogP) is 2.07. The Morgan fingerprint density at radius 1 is 1.40 bits per heavy atom. The standard InChI is InChI=1S/C9H13F3O3/c10-9(11,12)5-7(8(13)14)6-1-3-15-4-2-6/h6-7H,1-5H2,(H,13,14). The van der Waals surface area contributed by atoms with E-state index in [4.69, 9.17) is 9.84 Å². The average Bonchev–Trinajstić information content (AvgIpc) is 2.14. The maximum absolute atomic E-state index is 12.1. The summed E-state index contributed by atoms with van der Waals surface area (Å²) in [6, 6.07) is 0. The third kappa shape index (κ3) is 4.07. The maximum Gasteiger partial charge on any atom is 0.389 e. The van der Waals surface area contributed by atoms with Crippen molar-refractivity contribution >= 4 is 5.97 Å². The Morgan fingerprint density at radius 2 is 1.93 bits per heavy atom. The van der Waals surface area contributed by atoms with Crippen molar-refractivity contribution in [1.29, 1.82) is 0 Å². The van der Waals surface area contributed by atoms with Crippen LogP contribution in [0.2, 0.25) is 0 Å². The predicted molar refractivity (Wildman–Crippen MR) is 45.3 cm³/mol. The van der Waals surface area contributed by atoms with Crippen LogP contribution >= 0.6 is 0 Å². The normalized spacial score (nSPS) is 21.3. The highest BCUT2D eigenvalue weighted by atomic mass is 19.4. The van der Waals surface area contributed by atoms with E-state index in [2.05, 4.69) is 0 Å². The fourth-order valence-corrected chi connectivity index (χ4v) is 1.82. The topological polar surface area (TPSA) is 46.5 Å². The number of halogens is 3. The molecule has 0 amide bonds. The molecule has 0 aromatic carbocycles. The minimum Gasteiger partial charge on any atom is -0.481 e. The van der Waals surface area contributed by atoms with Gasteiger partial charge in [-0.05, 0) is 18.8 Å². The molecule has 0 saturated carbocycles. The SMILES string of the molecule is O=C(O)C(CC(F)(F)F)C1CCOCC1. The fraction of sp³-hybridized carbons (Fsp3) is 0.889. The van der Waals surface area contributed by atoms with Gasteiger partial charge in [-0.2, -0.15) is 13.2 Å². The molecular formula is C9H13F3O3. The van der Waals surface area contributed by atoms with Gasteiger partial charge in [0.15, 0.2) is 0 Å². The molecule has 1 unspecified atom stereocenters. The molecule has 0 radical (unpaired) electrons. The van der Waals surface area contributed by atoms with Crippen LogP contribution in [-0.2, 0) is 9.53 Å². The van der Waals surface area contributed by atoms with Gasteiger partial charge in [0, 0.05) is 13.2 Å². The molecule has 88 valence electrons. The molecule has 1 aliphatic heterocycles. The first-order chi connectivity index (χ1) is 6.90. The van der Waals surface area contributed by atoms with Gasteiger partial charge >= 0.3 is 12.1 Å². The lowest BCUT2D eigenvalue weighted by molar-refractivity contribution is -0.170. The van der Waals surface area contributed by atoms with Crippen LogP contribution in [0.1, 0.15) is 19.3 Å². The summed E-state index contributed by atoms with van der Waals surface area (Å²) in [7, 11) is 0. The molecular weight excluding hydrogens is 213 g/mol. The summed E-state index contributed by atoms with van der Waals surface area (Å²) in [5, 5.41) is 8.75. The number of ether oxygens (including phenoxy) is 1. The minimum absolute atomic E-state index is 0.353. The lowest BCUT2D eigenvalue weighted by atomic mass is 9.84. The van der Waals surface area contributed by atoms with E-state index in [-0.39, 0.29) is 0 Å². The molecule has 15 heavy (non-hydrogen) atoms. The van der Waals surface area contributed by atoms with Crippen LogP contribution in [0.15, 0.2) is 0 Å². The van der Waals surface area contributed by atoms with Gasteiger partial charge in [-0.3, -0.25) is 4.79 Å². The molecule has 1 heterocycles. The number of hydrogen-bond acceptors (Lipinski definition) is 2. The van der Waals surface area contributed by atoms with Crippen LogP contribution in [0.25, 0.3) is 0 Å². The van der Waals surface area contributed by atoms with Gasteiger partial charge in [0.25, 0.3) is 0 Å². The molecule has 0 aromatic rings. The van der Waals surface area contributed by atoms with Crippen LogP contribution in [0, 0.1) is 11.8 Å². The summed E-state index contributed by atoms with van der Waals surface area (Å²) in [5.74, 6) is -3.11. The van der Waals surface area contributed by atoms with Crippen molar-refractivity contribution in [3.8, 4) is 0 Å². The van der Waals surface area contributed by atoms with E-state index < -0.39 is 30.4 Å². The zero-order valence-electron chi connectivity index (χ0n) is 8.09. The highest BCUT2D eigenvalue weighted by Gasteiger charge is 2.39. The number of carbonyl (C=O) groups is 1. The molecule has 0 spiro atoms. The molecule has 1 saturated heterocycles. The molecule has 0 aliphatic carbocycles. The van der Waals surface area contributed by atoms with Crippen molar-refractivity contribution < 1.29 is 27.8 Å². The first-order valence-corrected chi connectivity index (χ1v) is 4.77. The third-order valence-electron chi connectivity index (χ3n) is 2.60. The fourth-order valence-electron chi connectivity index (χ4n) is 1.82. The van der Waals surface area contributed by atoms with Gasteiger partial charge in [-0.15, -0.1) is 0 Å². The van der Waals surface area contributed by atoms with Crippen LogP contribution < -0.4 is 0 Å². The van der Waals surface area contributed by atoms with Gasteiger partial charge in [0.05, 0.1) is 12.3 Å². The number of carboxylic acids is 1. The van der Waals surface area contributed by atoms with Gasteiger partial charge in [0.1, 0.15) is 0 Å². The summed E-state index contributed by atoms with van der Waals surface area (Å²) in [5.41, 5.74) is 0. The molecule has 1 N–H and O–H groups in total. The van der Waals surface area contributed by atoms with E-state index in [0.29, 0.717) is 26.1 Å². The Bertz CT molecular complexity index is 221. The van der Waals surface area contributed by atoms with Gasteiger partial charge in [0.2, 0.25) is 0 Å². The third-order valence-corrected chi connectivity index (χ3v) is 2.60. The number of carboxylic acid groups (broad SMARTS) is 1. The van der Waals surface area contributed by atoms with E-state index in [1.54, 1.807) is 0 Å². The number of alkyl halides is 3. The second-order valence-electron chi connectivity index (χ2n) is 3.71. The van der Waals surface area contributed by atoms with Crippen LogP contribution in [0.3, 0.4) is 0 Å². The Morgan fingerprint density at radius 3 is 2.33 bits per heavy atom. The average molecular weight is 226 g/mol. The van der Waals surface area contributed by atoms with Crippen molar-refractivity contribution in [2.75, 3.05) is 13.2 Å². The van der Waals surface area contributed by atoms with E-state index >= 15 is 0 Å². The number of aliphatic carboxylic acids is 1. The van der Waals surface area contributed by atoms with E-state index in [9.17, 15) is 18.0 Å². The first-order valence-electron chi connectivity index (χ1n) is 4.77. The highest BCUT2D eigenvalue weighted by Crippen LogP contribution is 2.33. The first kappa shape index (κ1) is 12.3. The zero-order chi connectivity index (χ0) is 11.5. The van der Waals surface area contributed by atoms with Crippen LogP contribution in [-0.4, -0.2) is 30.5 Å². The summed E-state index contributed by atoms with van der Waals surface area (Å²) in [4.78, 5) is 10.7. The second-order valence-corrected chi connectivity index (χ2v) is 3.71. The quantitative estimate of drug-likeness (QED) is 0.801. The molecule has 0 bridgehead atoms. The second kappa shape index (κ2) is 4.83. The Balaban J connectivity index is 2.60. The molecule has 3 nitrogen and oxygen atoms in total. The monoisotopic (exact) mass is 226 g/mol. The lowest BCUT2D eigenvalue weighted by Crippen LogP contribution is -2.32. The summed E-state index contributed by atoms with van der Waals surface area (Å²) < 4.78 is 41.4. The molecule has 1 aliphatic rings. The molecule has 0 aromatic heterocycles. The van der Waals surface area contributed by atoms with Crippen LogP contribution in [0.5, 0.6) is 0 Å². The number of rotatable bonds is 3. The van der Waals surface area contributed by atoms with Crippen molar-refractivity contribution in [2.24, 2.45) is 11.8 Å². The highest BCUT2D eigenvalue weighted by molar-refractivity contribution is 5.70. The van der Waals surface area contributed by atoms with Crippen molar-refractivity contribution in [3.63, 3.8) is 0 Å². The lowest BCUT2D eigenvalue weighted by Gasteiger charge is -2.28. The number of hydrogen-bond donors (Lipinski definition) is 1. The van der Waals surface area contributed by atoms with E-state index in [1.807, 2.05) is 0 Å². The smallest absolute Gasteiger partial charge is 0.389 e. The van der Waals surface area contributed by atoms with E-state index in [1.165, 1.54) is 0 Å². The molecule has 6 heteroatoms. The van der Waals surface area contributed by atoms with Gasteiger partial charge in [-0.1, -0.05) is 0 Å². The minimum atomic E-state index is -4.42. The molecule has 1 atom stereocenters. The molecule has 1 fully saturated rings. The Labute approximate surface area is 85.2 Å².